The molecule has 1 N–H and O–H groups in total. The molecule has 4 rings (SSSR count). The summed E-state index contributed by atoms with van der Waals surface area (Å²) in [6.45, 7) is 4.55. The third-order valence-electron chi connectivity index (χ3n) is 6.31. The van der Waals surface area contributed by atoms with E-state index in [4.69, 9.17) is 4.74 Å². The predicted octanol–water partition coefficient (Wildman–Crippen LogP) is 4.55. The van der Waals surface area contributed by atoms with Gasteiger partial charge in [0.2, 0.25) is 11.8 Å². The number of carbonyl (C=O) groups is 3. The van der Waals surface area contributed by atoms with Gasteiger partial charge in [-0.1, -0.05) is 54.6 Å². The van der Waals surface area contributed by atoms with Crippen LogP contribution in [0, 0.1) is 5.82 Å². The molecule has 0 saturated carbocycles. The first-order valence-corrected chi connectivity index (χ1v) is 12.2. The lowest BCUT2D eigenvalue weighted by atomic mass is 10.0. The molecule has 0 bridgehead atoms. The van der Waals surface area contributed by atoms with Crippen LogP contribution >= 0.6 is 0 Å². The van der Waals surface area contributed by atoms with Gasteiger partial charge in [-0.25, -0.2) is 9.18 Å². The number of hydrogen-bond acceptors (Lipinski definition) is 4. The Kier molecular flexibility index (Phi) is 8.18. The monoisotopic (exact) mass is 503 g/mol. The molecule has 1 fully saturated rings. The maximum Gasteiger partial charge on any atom is 0.414 e. The molecule has 37 heavy (non-hydrogen) atoms. The molecular weight excluding hydrogens is 473 g/mol. The van der Waals surface area contributed by atoms with Crippen LogP contribution in [0.3, 0.4) is 0 Å². The lowest BCUT2D eigenvalue weighted by Crippen LogP contribution is -2.33. The van der Waals surface area contributed by atoms with Crippen LogP contribution in [-0.4, -0.2) is 48.5 Å². The number of benzene rings is 3. The Morgan fingerprint density at radius 2 is 1.76 bits per heavy atom. The Hall–Kier alpha value is -4.20. The number of hydrogen-bond donors (Lipinski definition) is 1. The lowest BCUT2D eigenvalue weighted by Gasteiger charge is -2.21. The molecule has 7 nitrogen and oxygen atoms in total. The number of halogens is 1. The van der Waals surface area contributed by atoms with E-state index in [-0.39, 0.29) is 24.9 Å². The second-order valence-electron chi connectivity index (χ2n) is 9.09. The molecular formula is C29H30FN3O4. The van der Waals surface area contributed by atoms with Crippen molar-refractivity contribution in [2.24, 2.45) is 0 Å². The summed E-state index contributed by atoms with van der Waals surface area (Å²) in [5, 5.41) is 2.62. The van der Waals surface area contributed by atoms with Crippen LogP contribution in [0.25, 0.3) is 11.1 Å². The Morgan fingerprint density at radius 1 is 1.03 bits per heavy atom. The highest BCUT2D eigenvalue weighted by Gasteiger charge is 2.32. The summed E-state index contributed by atoms with van der Waals surface area (Å²) < 4.78 is 20.3. The van der Waals surface area contributed by atoms with Gasteiger partial charge in [0.25, 0.3) is 0 Å². The van der Waals surface area contributed by atoms with Crippen LogP contribution in [0.5, 0.6) is 0 Å². The summed E-state index contributed by atoms with van der Waals surface area (Å²) in [5.41, 5.74) is 3.67. The smallest absolute Gasteiger partial charge is 0.414 e. The zero-order valence-electron chi connectivity index (χ0n) is 20.9. The van der Waals surface area contributed by atoms with E-state index in [0.29, 0.717) is 36.3 Å². The average Bonchev–Trinajstić information content (AvgIpc) is 3.26. The van der Waals surface area contributed by atoms with E-state index < -0.39 is 18.0 Å². The first-order valence-electron chi connectivity index (χ1n) is 12.2. The van der Waals surface area contributed by atoms with E-state index in [9.17, 15) is 14.4 Å². The fraction of sp³-hybridized carbons (Fsp3) is 0.276. The normalized spacial score (nSPS) is 14.8. The van der Waals surface area contributed by atoms with Crippen LogP contribution in [0.1, 0.15) is 25.0 Å². The maximum absolute atomic E-state index is 15.0. The molecule has 1 aliphatic rings. The average molecular weight is 504 g/mol. The number of rotatable bonds is 9. The van der Waals surface area contributed by atoms with Crippen LogP contribution in [0.4, 0.5) is 14.9 Å². The van der Waals surface area contributed by atoms with Crippen molar-refractivity contribution in [1.82, 2.24) is 10.2 Å². The van der Waals surface area contributed by atoms with E-state index in [1.165, 1.54) is 17.9 Å². The van der Waals surface area contributed by atoms with Gasteiger partial charge in [0.15, 0.2) is 0 Å². The molecule has 1 atom stereocenters. The Balaban J connectivity index is 1.38. The van der Waals surface area contributed by atoms with Gasteiger partial charge in [0, 0.05) is 32.5 Å². The topological polar surface area (TPSA) is 79.0 Å². The highest BCUT2D eigenvalue weighted by molar-refractivity contribution is 5.90. The lowest BCUT2D eigenvalue weighted by molar-refractivity contribution is -0.129. The third-order valence-corrected chi connectivity index (χ3v) is 6.31. The fourth-order valence-electron chi connectivity index (χ4n) is 4.27. The van der Waals surface area contributed by atoms with Gasteiger partial charge in [-0.2, -0.15) is 0 Å². The Bertz CT molecular complexity index is 1260. The number of cyclic esters (lactones) is 1. The predicted molar refractivity (Wildman–Crippen MR) is 139 cm³/mol. The SMILES string of the molecule is CC(=O)NCC1CN(c2ccc(-c3ccc(CCN(Cc4ccccc4)C(C)=O)cc3)c(F)c2)C(=O)O1. The largest absolute Gasteiger partial charge is 0.442 e. The molecule has 0 aliphatic carbocycles. The van der Waals surface area contributed by atoms with Gasteiger partial charge in [-0.05, 0) is 41.3 Å². The molecule has 192 valence electrons. The number of carbonyl (C=O) groups excluding carboxylic acids is 3. The maximum atomic E-state index is 15.0. The molecule has 1 saturated heterocycles. The summed E-state index contributed by atoms with van der Waals surface area (Å²) in [6.07, 6.45) is -0.373. The van der Waals surface area contributed by atoms with Crippen molar-refractivity contribution < 1.29 is 23.5 Å². The molecule has 3 amide bonds. The molecule has 8 heteroatoms. The minimum Gasteiger partial charge on any atom is -0.442 e. The number of amides is 3. The minimum atomic E-state index is -0.571. The molecule has 1 aliphatic heterocycles. The molecule has 0 radical (unpaired) electrons. The number of anilines is 1. The van der Waals surface area contributed by atoms with Gasteiger partial charge in [0.1, 0.15) is 11.9 Å². The number of ether oxygens (including phenoxy) is 1. The van der Waals surface area contributed by atoms with Crippen LogP contribution in [0.2, 0.25) is 0 Å². The zero-order chi connectivity index (χ0) is 26.4. The Morgan fingerprint density at radius 3 is 2.41 bits per heavy atom. The molecule has 1 unspecified atom stereocenters. The van der Waals surface area contributed by atoms with Crippen molar-refractivity contribution in [3.05, 3.63) is 89.7 Å². The van der Waals surface area contributed by atoms with Crippen molar-refractivity contribution >= 4 is 23.6 Å². The molecule has 1 heterocycles. The molecule has 0 aromatic heterocycles. The first kappa shape index (κ1) is 25.9. The molecule has 0 spiro atoms. The summed E-state index contributed by atoms with van der Waals surface area (Å²) in [4.78, 5) is 38.6. The van der Waals surface area contributed by atoms with Gasteiger partial charge < -0.3 is 15.0 Å². The van der Waals surface area contributed by atoms with Crippen LogP contribution in [-0.2, 0) is 27.3 Å². The van der Waals surface area contributed by atoms with E-state index in [2.05, 4.69) is 5.32 Å². The van der Waals surface area contributed by atoms with E-state index in [0.717, 1.165) is 11.1 Å². The van der Waals surface area contributed by atoms with Crippen molar-refractivity contribution in [2.45, 2.75) is 32.9 Å². The Labute approximate surface area is 215 Å². The van der Waals surface area contributed by atoms with Gasteiger partial charge in [-0.3, -0.25) is 14.5 Å². The van der Waals surface area contributed by atoms with Gasteiger partial charge >= 0.3 is 6.09 Å². The van der Waals surface area contributed by atoms with E-state index >= 15 is 4.39 Å². The van der Waals surface area contributed by atoms with Gasteiger partial charge in [0.05, 0.1) is 18.8 Å². The highest BCUT2D eigenvalue weighted by atomic mass is 19.1. The zero-order valence-corrected chi connectivity index (χ0v) is 20.9. The van der Waals surface area contributed by atoms with Gasteiger partial charge in [-0.15, -0.1) is 0 Å². The summed E-state index contributed by atoms with van der Waals surface area (Å²) in [6, 6.07) is 22.1. The summed E-state index contributed by atoms with van der Waals surface area (Å²) in [7, 11) is 0. The quantitative estimate of drug-likeness (QED) is 0.465. The molecule has 3 aromatic rings. The highest BCUT2D eigenvalue weighted by Crippen LogP contribution is 2.29. The van der Waals surface area contributed by atoms with Crippen molar-refractivity contribution in [1.29, 1.82) is 0 Å². The third kappa shape index (κ3) is 6.73. The standard InChI is InChI=1S/C29H30FN3O4/c1-20(34)31-17-26-19-33(29(36)37-26)25-12-13-27(28(30)16-25)24-10-8-22(9-11-24)14-15-32(21(2)35)18-23-6-4-3-5-7-23/h3-13,16,26H,14-15,17-19H2,1-2H3,(H,31,34). The van der Waals surface area contributed by atoms with Crippen molar-refractivity contribution in [3.8, 4) is 11.1 Å². The van der Waals surface area contributed by atoms with Crippen LogP contribution in [0.15, 0.2) is 72.8 Å². The fourth-order valence-corrected chi connectivity index (χ4v) is 4.27. The first-order chi connectivity index (χ1) is 17.8. The number of nitrogens with one attached hydrogen (secondary N) is 1. The summed E-state index contributed by atoms with van der Waals surface area (Å²) in [5.74, 6) is -0.640. The van der Waals surface area contributed by atoms with Crippen molar-refractivity contribution in [3.63, 3.8) is 0 Å². The van der Waals surface area contributed by atoms with Crippen molar-refractivity contribution in [2.75, 3.05) is 24.5 Å². The summed E-state index contributed by atoms with van der Waals surface area (Å²) >= 11 is 0. The number of nitrogens with zero attached hydrogens (tertiary/aromatic N) is 2. The van der Waals surface area contributed by atoms with E-state index in [1.807, 2.05) is 59.5 Å². The molecule has 3 aromatic carbocycles. The minimum absolute atomic E-state index is 0.0194. The second-order valence-corrected chi connectivity index (χ2v) is 9.09. The second kappa shape index (κ2) is 11.7. The van der Waals surface area contributed by atoms with E-state index in [1.54, 1.807) is 19.1 Å². The van der Waals surface area contributed by atoms with Crippen LogP contribution < -0.4 is 10.2 Å².